The second-order valence-corrected chi connectivity index (χ2v) is 7.80. The third-order valence-electron chi connectivity index (χ3n) is 3.68. The van der Waals surface area contributed by atoms with Crippen molar-refractivity contribution < 1.29 is 0 Å². The second kappa shape index (κ2) is 7.31. The van der Waals surface area contributed by atoms with Crippen LogP contribution in [0.15, 0.2) is 42.5 Å². The molecule has 0 amide bonds. The van der Waals surface area contributed by atoms with Gasteiger partial charge in [0, 0.05) is 33.6 Å². The van der Waals surface area contributed by atoms with Crippen molar-refractivity contribution in [1.82, 2.24) is 4.90 Å². The summed E-state index contributed by atoms with van der Waals surface area (Å²) in [6.07, 6.45) is 0. The lowest BCUT2D eigenvalue weighted by molar-refractivity contribution is 0.458. The van der Waals surface area contributed by atoms with Crippen molar-refractivity contribution in [3.8, 4) is 0 Å². The molecule has 0 aromatic heterocycles. The number of rotatable bonds is 2. The lowest BCUT2D eigenvalue weighted by atomic mass is 10.2. The monoisotopic (exact) mass is 382 g/mol. The highest BCUT2D eigenvalue weighted by molar-refractivity contribution is 7.99. The van der Waals surface area contributed by atoms with Gasteiger partial charge >= 0.3 is 0 Å². The minimum Gasteiger partial charge on any atom is -0.333 e. The van der Waals surface area contributed by atoms with E-state index in [0.29, 0.717) is 10.0 Å². The maximum absolute atomic E-state index is 6.37. The molecule has 2 aromatic rings. The van der Waals surface area contributed by atoms with Crippen LogP contribution < -0.4 is 5.32 Å². The van der Waals surface area contributed by atoms with E-state index in [1.54, 1.807) is 6.07 Å². The van der Waals surface area contributed by atoms with Gasteiger partial charge in [-0.3, -0.25) is 0 Å². The average Bonchev–Trinajstić information content (AvgIpc) is 2.99. The third kappa shape index (κ3) is 3.94. The Kier molecular flexibility index (Phi) is 5.37. The van der Waals surface area contributed by atoms with Gasteiger partial charge in [-0.05, 0) is 43.4 Å². The zero-order valence-corrected chi connectivity index (χ0v) is 15.7. The summed E-state index contributed by atoms with van der Waals surface area (Å²) in [7, 11) is 0. The number of thioether (sulfide) groups is 1. The molecule has 6 heteroatoms. The normalized spacial score (nSPS) is 17.3. The van der Waals surface area contributed by atoms with Crippen molar-refractivity contribution in [2.24, 2.45) is 0 Å². The Morgan fingerprint density at radius 3 is 2.65 bits per heavy atom. The number of hydrogen-bond donors (Lipinski definition) is 1. The van der Waals surface area contributed by atoms with Crippen LogP contribution in [0.1, 0.15) is 16.5 Å². The topological polar surface area (TPSA) is 15.3 Å². The van der Waals surface area contributed by atoms with Crippen LogP contribution in [-0.2, 0) is 0 Å². The number of nitrogens with zero attached hydrogens (tertiary/aromatic N) is 1. The molecular formula is C17H16Cl2N2S2. The molecule has 1 aliphatic rings. The Labute approximate surface area is 156 Å². The number of halogens is 2. The number of benzene rings is 2. The van der Waals surface area contributed by atoms with Gasteiger partial charge in [-0.15, -0.1) is 11.8 Å². The van der Waals surface area contributed by atoms with Crippen LogP contribution in [0.2, 0.25) is 10.0 Å². The summed E-state index contributed by atoms with van der Waals surface area (Å²) < 4.78 is 0. The molecular weight excluding hydrogens is 367 g/mol. The van der Waals surface area contributed by atoms with Gasteiger partial charge in [0.25, 0.3) is 0 Å². The van der Waals surface area contributed by atoms with Gasteiger partial charge in [0.2, 0.25) is 0 Å². The number of hydrogen-bond acceptors (Lipinski definition) is 2. The third-order valence-corrected chi connectivity index (χ3v) is 5.82. The highest BCUT2D eigenvalue weighted by Gasteiger charge is 2.30. The predicted octanol–water partition coefficient (Wildman–Crippen LogP) is 5.75. The van der Waals surface area contributed by atoms with Gasteiger partial charge in [0.1, 0.15) is 5.37 Å². The molecule has 3 rings (SSSR count). The minimum atomic E-state index is 0.116. The predicted molar refractivity (Wildman–Crippen MR) is 106 cm³/mol. The van der Waals surface area contributed by atoms with Crippen molar-refractivity contribution in [3.05, 3.63) is 63.6 Å². The summed E-state index contributed by atoms with van der Waals surface area (Å²) in [4.78, 5) is 2.18. The Balaban J connectivity index is 1.78. The fraction of sp³-hybridized carbons (Fsp3) is 0.235. The molecule has 2 nitrogen and oxygen atoms in total. The van der Waals surface area contributed by atoms with E-state index in [1.807, 2.05) is 36.0 Å². The lowest BCUT2D eigenvalue weighted by Gasteiger charge is -2.27. The Hall–Kier alpha value is -0.940. The van der Waals surface area contributed by atoms with E-state index in [0.717, 1.165) is 28.7 Å². The highest BCUT2D eigenvalue weighted by atomic mass is 35.5. The summed E-state index contributed by atoms with van der Waals surface area (Å²) in [5.41, 5.74) is 3.27. The Morgan fingerprint density at radius 2 is 1.96 bits per heavy atom. The summed E-state index contributed by atoms with van der Waals surface area (Å²) in [6, 6.07) is 13.8. The molecule has 1 atom stereocenters. The maximum atomic E-state index is 6.37. The van der Waals surface area contributed by atoms with E-state index >= 15 is 0 Å². The summed E-state index contributed by atoms with van der Waals surface area (Å²) in [5, 5.41) is 5.48. The van der Waals surface area contributed by atoms with Gasteiger partial charge in [0.05, 0.1) is 0 Å². The van der Waals surface area contributed by atoms with E-state index in [1.165, 1.54) is 5.56 Å². The molecule has 0 unspecified atom stereocenters. The fourth-order valence-corrected chi connectivity index (χ4v) is 4.73. The van der Waals surface area contributed by atoms with Crippen LogP contribution in [0.5, 0.6) is 0 Å². The number of aryl methyl sites for hydroxylation is 1. The molecule has 0 saturated carbocycles. The van der Waals surface area contributed by atoms with Crippen molar-refractivity contribution in [3.63, 3.8) is 0 Å². The van der Waals surface area contributed by atoms with Crippen LogP contribution >= 0.6 is 47.2 Å². The average molecular weight is 383 g/mol. The number of nitrogens with one attached hydrogen (secondary N) is 1. The number of anilines is 1. The highest BCUT2D eigenvalue weighted by Crippen LogP contribution is 2.41. The zero-order valence-electron chi connectivity index (χ0n) is 12.6. The summed E-state index contributed by atoms with van der Waals surface area (Å²) in [5.74, 6) is 1.01. The summed E-state index contributed by atoms with van der Waals surface area (Å²) >= 11 is 19.8. The van der Waals surface area contributed by atoms with Gasteiger partial charge in [-0.2, -0.15) is 0 Å². The molecule has 0 spiro atoms. The first kappa shape index (κ1) is 16.9. The van der Waals surface area contributed by atoms with Crippen molar-refractivity contribution in [2.75, 3.05) is 17.6 Å². The zero-order chi connectivity index (χ0) is 16.4. The molecule has 23 heavy (non-hydrogen) atoms. The molecule has 2 aromatic carbocycles. The smallest absolute Gasteiger partial charge is 0.174 e. The first-order valence-corrected chi connectivity index (χ1v) is 9.47. The van der Waals surface area contributed by atoms with Gasteiger partial charge in [-0.25, -0.2) is 0 Å². The van der Waals surface area contributed by atoms with E-state index in [9.17, 15) is 0 Å². The minimum absolute atomic E-state index is 0.116. The van der Waals surface area contributed by atoms with Gasteiger partial charge in [-0.1, -0.05) is 47.0 Å². The SMILES string of the molecule is Cc1ccc(NC(=S)N2CCS[C@H]2c2ccc(Cl)cc2Cl)cc1. The molecule has 0 aliphatic carbocycles. The molecule has 120 valence electrons. The van der Waals surface area contributed by atoms with Crippen LogP contribution in [0.25, 0.3) is 0 Å². The maximum Gasteiger partial charge on any atom is 0.174 e. The first-order chi connectivity index (χ1) is 11.0. The van der Waals surface area contributed by atoms with Crippen LogP contribution in [0, 0.1) is 6.92 Å². The number of thiocarbonyl (C=S) groups is 1. The standard InChI is InChI=1S/C17H16Cl2N2S2/c1-11-2-5-13(6-3-11)20-17(22)21-8-9-23-16(21)14-7-4-12(18)10-15(14)19/h2-7,10,16H,8-9H2,1H3,(H,20,22)/t16-/m0/s1. The van der Waals surface area contributed by atoms with Crippen molar-refractivity contribution >= 4 is 58.0 Å². The molecule has 1 saturated heterocycles. The van der Waals surface area contributed by atoms with E-state index < -0.39 is 0 Å². The Morgan fingerprint density at radius 1 is 1.22 bits per heavy atom. The van der Waals surface area contributed by atoms with E-state index in [2.05, 4.69) is 29.3 Å². The van der Waals surface area contributed by atoms with Crippen LogP contribution in [0.4, 0.5) is 5.69 Å². The van der Waals surface area contributed by atoms with E-state index in [-0.39, 0.29) is 5.37 Å². The quantitative estimate of drug-likeness (QED) is 0.665. The summed E-state index contributed by atoms with van der Waals surface area (Å²) in [6.45, 7) is 2.96. The molecule has 0 bridgehead atoms. The molecule has 1 heterocycles. The molecule has 1 fully saturated rings. The molecule has 0 radical (unpaired) electrons. The second-order valence-electron chi connectivity index (χ2n) is 5.38. The molecule has 1 aliphatic heterocycles. The van der Waals surface area contributed by atoms with Crippen LogP contribution in [-0.4, -0.2) is 22.3 Å². The van der Waals surface area contributed by atoms with Crippen molar-refractivity contribution in [1.29, 1.82) is 0 Å². The lowest BCUT2D eigenvalue weighted by Crippen LogP contribution is -2.34. The van der Waals surface area contributed by atoms with E-state index in [4.69, 9.17) is 35.4 Å². The fourth-order valence-electron chi connectivity index (χ4n) is 2.47. The van der Waals surface area contributed by atoms with Gasteiger partial charge < -0.3 is 10.2 Å². The van der Waals surface area contributed by atoms with Crippen molar-refractivity contribution in [2.45, 2.75) is 12.3 Å². The van der Waals surface area contributed by atoms with Gasteiger partial charge in [0.15, 0.2) is 5.11 Å². The Bertz CT molecular complexity index is 719. The van der Waals surface area contributed by atoms with Crippen LogP contribution in [0.3, 0.4) is 0 Å². The first-order valence-electron chi connectivity index (χ1n) is 7.25. The largest absolute Gasteiger partial charge is 0.333 e. The molecule has 1 N–H and O–H groups in total.